The van der Waals surface area contributed by atoms with Crippen LogP contribution in [0.25, 0.3) is 0 Å². The van der Waals surface area contributed by atoms with Gasteiger partial charge in [-0.3, -0.25) is 9.58 Å². The highest BCUT2D eigenvalue weighted by atomic mass is 16.3. The summed E-state index contributed by atoms with van der Waals surface area (Å²) >= 11 is 0. The largest absolute Gasteiger partial charge is 0.395 e. The molecular formula is C12H23N3O. The second kappa shape index (κ2) is 4.97. The number of aromatic nitrogens is 2. The summed E-state index contributed by atoms with van der Waals surface area (Å²) in [5.74, 6) is 0. The van der Waals surface area contributed by atoms with Gasteiger partial charge in [0.05, 0.1) is 12.3 Å². The van der Waals surface area contributed by atoms with Gasteiger partial charge < -0.3 is 5.11 Å². The van der Waals surface area contributed by atoms with E-state index in [9.17, 15) is 0 Å². The van der Waals surface area contributed by atoms with Crippen molar-refractivity contribution in [3.63, 3.8) is 0 Å². The van der Waals surface area contributed by atoms with Gasteiger partial charge in [0, 0.05) is 37.3 Å². The SMILES string of the molecule is CN(CCO)Cc1cn(C)nc1C(C)(C)C. The van der Waals surface area contributed by atoms with Crippen LogP contribution in [0.2, 0.25) is 0 Å². The second-order valence-corrected chi connectivity index (χ2v) is 5.39. The van der Waals surface area contributed by atoms with E-state index in [1.165, 1.54) is 5.56 Å². The van der Waals surface area contributed by atoms with Crippen LogP contribution in [0.15, 0.2) is 6.20 Å². The van der Waals surface area contributed by atoms with E-state index in [4.69, 9.17) is 5.11 Å². The van der Waals surface area contributed by atoms with Crippen molar-refractivity contribution >= 4 is 0 Å². The van der Waals surface area contributed by atoms with E-state index in [0.717, 1.165) is 12.2 Å². The number of likely N-dealkylation sites (N-methyl/N-ethyl adjacent to an activating group) is 1. The van der Waals surface area contributed by atoms with Crippen molar-refractivity contribution < 1.29 is 5.11 Å². The zero-order valence-electron chi connectivity index (χ0n) is 11.0. The molecule has 4 nitrogen and oxygen atoms in total. The van der Waals surface area contributed by atoms with Gasteiger partial charge in [0.15, 0.2) is 0 Å². The van der Waals surface area contributed by atoms with Gasteiger partial charge >= 0.3 is 0 Å². The van der Waals surface area contributed by atoms with Crippen molar-refractivity contribution in [1.82, 2.24) is 14.7 Å². The molecule has 0 aliphatic carbocycles. The van der Waals surface area contributed by atoms with Crippen LogP contribution in [-0.4, -0.2) is 40.0 Å². The Hall–Kier alpha value is -0.870. The first kappa shape index (κ1) is 13.2. The Bertz CT molecular complexity index is 339. The van der Waals surface area contributed by atoms with Gasteiger partial charge in [-0.05, 0) is 7.05 Å². The molecule has 0 amide bonds. The van der Waals surface area contributed by atoms with Gasteiger partial charge in [-0.1, -0.05) is 20.8 Å². The lowest BCUT2D eigenvalue weighted by Crippen LogP contribution is -2.23. The lowest BCUT2D eigenvalue weighted by molar-refractivity contribution is 0.216. The lowest BCUT2D eigenvalue weighted by Gasteiger charge is -2.20. The van der Waals surface area contributed by atoms with Gasteiger partial charge in [-0.15, -0.1) is 0 Å². The number of hydrogen-bond acceptors (Lipinski definition) is 3. The number of aliphatic hydroxyl groups excluding tert-OH is 1. The Morgan fingerprint density at radius 1 is 1.44 bits per heavy atom. The van der Waals surface area contributed by atoms with Gasteiger partial charge in [0.2, 0.25) is 0 Å². The van der Waals surface area contributed by atoms with Crippen LogP contribution >= 0.6 is 0 Å². The van der Waals surface area contributed by atoms with E-state index < -0.39 is 0 Å². The van der Waals surface area contributed by atoms with Gasteiger partial charge in [-0.25, -0.2) is 0 Å². The Kier molecular flexibility index (Phi) is 4.10. The molecule has 1 aromatic heterocycles. The molecule has 0 saturated carbocycles. The molecule has 1 heterocycles. The molecule has 0 aliphatic heterocycles. The summed E-state index contributed by atoms with van der Waals surface area (Å²) in [6.07, 6.45) is 2.06. The zero-order chi connectivity index (χ0) is 12.3. The van der Waals surface area contributed by atoms with Gasteiger partial charge in [0.25, 0.3) is 0 Å². The van der Waals surface area contributed by atoms with Crippen molar-refractivity contribution in [1.29, 1.82) is 0 Å². The quantitative estimate of drug-likeness (QED) is 0.835. The average molecular weight is 225 g/mol. The van der Waals surface area contributed by atoms with E-state index in [-0.39, 0.29) is 12.0 Å². The van der Waals surface area contributed by atoms with Crippen LogP contribution in [0.4, 0.5) is 0 Å². The van der Waals surface area contributed by atoms with Crippen LogP contribution in [0.1, 0.15) is 32.0 Å². The Labute approximate surface area is 97.9 Å². The first-order valence-electron chi connectivity index (χ1n) is 5.67. The van der Waals surface area contributed by atoms with Crippen LogP contribution in [-0.2, 0) is 19.0 Å². The predicted octanol–water partition coefficient (Wildman–Crippen LogP) is 1.14. The van der Waals surface area contributed by atoms with Crippen molar-refractivity contribution in [2.24, 2.45) is 7.05 Å². The molecule has 0 unspecified atom stereocenters. The highest BCUT2D eigenvalue weighted by molar-refractivity contribution is 5.23. The lowest BCUT2D eigenvalue weighted by atomic mass is 9.89. The van der Waals surface area contributed by atoms with Gasteiger partial charge in [-0.2, -0.15) is 5.10 Å². The minimum atomic E-state index is 0.0661. The first-order chi connectivity index (χ1) is 7.34. The van der Waals surface area contributed by atoms with Crippen LogP contribution in [0.5, 0.6) is 0 Å². The molecule has 1 rings (SSSR count). The summed E-state index contributed by atoms with van der Waals surface area (Å²) in [5, 5.41) is 13.4. The smallest absolute Gasteiger partial charge is 0.0722 e. The summed E-state index contributed by atoms with van der Waals surface area (Å²) in [6, 6.07) is 0. The molecule has 1 N–H and O–H groups in total. The fourth-order valence-electron chi connectivity index (χ4n) is 1.83. The number of aliphatic hydroxyl groups is 1. The molecule has 0 aromatic carbocycles. The fourth-order valence-corrected chi connectivity index (χ4v) is 1.83. The molecule has 0 atom stereocenters. The third-order valence-corrected chi connectivity index (χ3v) is 2.54. The Morgan fingerprint density at radius 3 is 2.56 bits per heavy atom. The summed E-state index contributed by atoms with van der Waals surface area (Å²) in [4.78, 5) is 2.10. The molecule has 0 spiro atoms. The molecule has 16 heavy (non-hydrogen) atoms. The molecule has 1 aromatic rings. The van der Waals surface area contributed by atoms with E-state index in [1.807, 2.05) is 18.8 Å². The van der Waals surface area contributed by atoms with Crippen LogP contribution in [0, 0.1) is 0 Å². The van der Waals surface area contributed by atoms with Crippen molar-refractivity contribution in [3.8, 4) is 0 Å². The second-order valence-electron chi connectivity index (χ2n) is 5.39. The number of rotatable bonds is 4. The van der Waals surface area contributed by atoms with Crippen molar-refractivity contribution in [2.45, 2.75) is 32.7 Å². The minimum absolute atomic E-state index is 0.0661. The third-order valence-electron chi connectivity index (χ3n) is 2.54. The van der Waals surface area contributed by atoms with Crippen LogP contribution in [0.3, 0.4) is 0 Å². The van der Waals surface area contributed by atoms with E-state index in [2.05, 4.69) is 37.0 Å². The summed E-state index contributed by atoms with van der Waals surface area (Å²) in [6.45, 7) is 8.24. The number of aryl methyl sites for hydroxylation is 1. The predicted molar refractivity (Wildman–Crippen MR) is 65.3 cm³/mol. The molecule has 0 radical (unpaired) electrons. The topological polar surface area (TPSA) is 41.3 Å². The maximum absolute atomic E-state index is 8.89. The van der Waals surface area contributed by atoms with E-state index in [1.54, 1.807) is 0 Å². The first-order valence-corrected chi connectivity index (χ1v) is 5.67. The van der Waals surface area contributed by atoms with Crippen molar-refractivity contribution in [2.75, 3.05) is 20.2 Å². The highest BCUT2D eigenvalue weighted by Gasteiger charge is 2.22. The molecule has 92 valence electrons. The minimum Gasteiger partial charge on any atom is -0.395 e. The molecule has 4 heteroatoms. The summed E-state index contributed by atoms with van der Waals surface area (Å²) in [5.41, 5.74) is 2.45. The number of hydrogen-bond donors (Lipinski definition) is 1. The van der Waals surface area contributed by atoms with Crippen LogP contribution < -0.4 is 0 Å². The average Bonchev–Trinajstić information content (AvgIpc) is 2.46. The summed E-state index contributed by atoms with van der Waals surface area (Å²) < 4.78 is 1.86. The Balaban J connectivity index is 2.87. The third kappa shape index (κ3) is 3.32. The zero-order valence-corrected chi connectivity index (χ0v) is 11.0. The standard InChI is InChI=1S/C12H23N3O/c1-12(2,3)11-10(9-15(5)13-11)8-14(4)6-7-16/h9,16H,6-8H2,1-5H3. The monoisotopic (exact) mass is 225 g/mol. The maximum Gasteiger partial charge on any atom is 0.0722 e. The molecular weight excluding hydrogens is 202 g/mol. The van der Waals surface area contributed by atoms with E-state index >= 15 is 0 Å². The molecule has 0 bridgehead atoms. The summed E-state index contributed by atoms with van der Waals surface area (Å²) in [7, 11) is 3.96. The molecule has 0 aliphatic rings. The highest BCUT2D eigenvalue weighted by Crippen LogP contribution is 2.24. The normalized spacial score (nSPS) is 12.4. The molecule has 0 fully saturated rings. The Morgan fingerprint density at radius 2 is 2.06 bits per heavy atom. The van der Waals surface area contributed by atoms with Crippen molar-refractivity contribution in [3.05, 3.63) is 17.5 Å². The van der Waals surface area contributed by atoms with Gasteiger partial charge in [0.1, 0.15) is 0 Å². The fraction of sp³-hybridized carbons (Fsp3) is 0.750. The maximum atomic E-state index is 8.89. The molecule has 0 saturated heterocycles. The number of nitrogens with zero attached hydrogens (tertiary/aromatic N) is 3. The van der Waals surface area contributed by atoms with E-state index in [0.29, 0.717) is 6.54 Å².